The van der Waals surface area contributed by atoms with Crippen LogP contribution in [0.3, 0.4) is 0 Å². The first-order chi connectivity index (χ1) is 12.6. The summed E-state index contributed by atoms with van der Waals surface area (Å²) in [6, 6.07) is 8.92. The molecule has 7 nitrogen and oxygen atoms in total. The molecule has 7 heteroatoms. The number of rotatable bonds is 7. The molecule has 0 unspecified atom stereocenters. The van der Waals surface area contributed by atoms with Crippen LogP contribution in [-0.2, 0) is 0 Å². The molecule has 1 aliphatic rings. The average molecular weight is 356 g/mol. The number of nitrogens with one attached hydrogen (secondary N) is 2. The third-order valence-corrected chi connectivity index (χ3v) is 3.91. The number of aromatic nitrogens is 1. The fraction of sp³-hybridized carbons (Fsp3) is 0.368. The van der Waals surface area contributed by atoms with Gasteiger partial charge in [0.1, 0.15) is 19.0 Å². The second kappa shape index (κ2) is 8.53. The van der Waals surface area contributed by atoms with Crippen molar-refractivity contribution >= 4 is 17.4 Å². The number of nitrogens with zero attached hydrogens (tertiary/aromatic N) is 2. The highest BCUT2D eigenvalue weighted by Crippen LogP contribution is 2.32. The maximum absolute atomic E-state index is 12.4. The predicted octanol–water partition coefficient (Wildman–Crippen LogP) is 2.47. The van der Waals surface area contributed by atoms with Gasteiger partial charge in [0.2, 0.25) is 0 Å². The van der Waals surface area contributed by atoms with Gasteiger partial charge in [0.25, 0.3) is 5.91 Å². The molecule has 2 heterocycles. The number of carbonyl (C=O) groups is 1. The highest BCUT2D eigenvalue weighted by molar-refractivity contribution is 6.04. The van der Waals surface area contributed by atoms with Gasteiger partial charge in [-0.2, -0.15) is 0 Å². The van der Waals surface area contributed by atoms with Crippen molar-refractivity contribution in [1.29, 1.82) is 0 Å². The Hall–Kier alpha value is -2.80. The maximum Gasteiger partial charge on any atom is 0.257 e. The van der Waals surface area contributed by atoms with Gasteiger partial charge in [-0.05, 0) is 51.3 Å². The van der Waals surface area contributed by atoms with Crippen LogP contribution in [-0.4, -0.2) is 56.2 Å². The molecule has 0 fully saturated rings. The van der Waals surface area contributed by atoms with Gasteiger partial charge in [-0.3, -0.25) is 4.79 Å². The number of benzene rings is 1. The van der Waals surface area contributed by atoms with Crippen LogP contribution in [0.4, 0.5) is 11.5 Å². The summed E-state index contributed by atoms with van der Waals surface area (Å²) in [6.07, 6.45) is 2.60. The van der Waals surface area contributed by atoms with Crippen LogP contribution < -0.4 is 20.1 Å². The lowest BCUT2D eigenvalue weighted by Gasteiger charge is -2.19. The van der Waals surface area contributed by atoms with Crippen molar-refractivity contribution in [2.24, 2.45) is 0 Å². The molecule has 1 aliphatic heterocycles. The highest BCUT2D eigenvalue weighted by atomic mass is 16.6. The summed E-state index contributed by atoms with van der Waals surface area (Å²) in [7, 11) is 4.10. The first-order valence-electron chi connectivity index (χ1n) is 8.67. The summed E-state index contributed by atoms with van der Waals surface area (Å²) in [6.45, 7) is 2.91. The average Bonchev–Trinajstić information content (AvgIpc) is 2.65. The molecule has 0 spiro atoms. The number of fused-ring (bicyclic) bond motifs is 1. The van der Waals surface area contributed by atoms with Crippen molar-refractivity contribution in [2.75, 3.05) is 51.0 Å². The second-order valence-electron chi connectivity index (χ2n) is 6.33. The largest absolute Gasteiger partial charge is 0.486 e. The van der Waals surface area contributed by atoms with Gasteiger partial charge in [-0.25, -0.2) is 4.98 Å². The minimum atomic E-state index is -0.215. The molecule has 0 radical (unpaired) electrons. The van der Waals surface area contributed by atoms with Gasteiger partial charge in [0, 0.05) is 24.5 Å². The summed E-state index contributed by atoms with van der Waals surface area (Å²) in [5.41, 5.74) is 1.16. The molecule has 0 saturated heterocycles. The molecule has 0 saturated carbocycles. The lowest BCUT2D eigenvalue weighted by Crippen LogP contribution is -2.17. The molecule has 3 rings (SSSR count). The Bertz CT molecular complexity index is 747. The smallest absolute Gasteiger partial charge is 0.257 e. The number of hydrogen-bond donors (Lipinski definition) is 2. The van der Waals surface area contributed by atoms with Gasteiger partial charge >= 0.3 is 0 Å². The van der Waals surface area contributed by atoms with E-state index in [1.807, 2.05) is 20.2 Å². The monoisotopic (exact) mass is 356 g/mol. The summed E-state index contributed by atoms with van der Waals surface area (Å²) >= 11 is 0. The van der Waals surface area contributed by atoms with Gasteiger partial charge in [0.15, 0.2) is 11.5 Å². The van der Waals surface area contributed by atoms with E-state index in [1.54, 1.807) is 30.5 Å². The summed E-state index contributed by atoms with van der Waals surface area (Å²) in [4.78, 5) is 18.8. The van der Waals surface area contributed by atoms with Crippen LogP contribution in [0, 0.1) is 0 Å². The van der Waals surface area contributed by atoms with Gasteiger partial charge in [-0.1, -0.05) is 0 Å². The third-order valence-electron chi connectivity index (χ3n) is 3.91. The molecule has 1 aromatic carbocycles. The van der Waals surface area contributed by atoms with E-state index in [0.717, 1.165) is 25.3 Å². The molecule has 138 valence electrons. The summed E-state index contributed by atoms with van der Waals surface area (Å²) < 4.78 is 11.0. The van der Waals surface area contributed by atoms with E-state index in [4.69, 9.17) is 9.47 Å². The molecule has 0 aliphatic carbocycles. The van der Waals surface area contributed by atoms with Crippen molar-refractivity contribution in [2.45, 2.75) is 6.42 Å². The van der Waals surface area contributed by atoms with Gasteiger partial charge in [-0.15, -0.1) is 0 Å². The Morgan fingerprint density at radius 2 is 1.96 bits per heavy atom. The van der Waals surface area contributed by atoms with E-state index in [2.05, 4.69) is 20.5 Å². The Morgan fingerprint density at radius 3 is 2.69 bits per heavy atom. The van der Waals surface area contributed by atoms with Crippen molar-refractivity contribution in [3.05, 3.63) is 42.1 Å². The number of ether oxygens (including phenoxy) is 2. The van der Waals surface area contributed by atoms with Crippen LogP contribution in [0.5, 0.6) is 11.5 Å². The SMILES string of the molecule is CN(C)CCCNc1ccc(C(=O)Nc2ccc3c(c2)OCCO3)cn1. The van der Waals surface area contributed by atoms with E-state index in [0.29, 0.717) is 36.0 Å². The number of carbonyl (C=O) groups excluding carboxylic acids is 1. The fourth-order valence-corrected chi connectivity index (χ4v) is 2.57. The van der Waals surface area contributed by atoms with E-state index in [-0.39, 0.29) is 5.91 Å². The Labute approximate surface area is 153 Å². The van der Waals surface area contributed by atoms with Crippen LogP contribution >= 0.6 is 0 Å². The van der Waals surface area contributed by atoms with Crippen molar-refractivity contribution in [1.82, 2.24) is 9.88 Å². The standard InChI is InChI=1S/C19H24N4O3/c1-23(2)9-3-8-20-18-7-4-14(13-21-18)19(24)22-15-5-6-16-17(12-15)26-11-10-25-16/h4-7,12-13H,3,8-11H2,1-2H3,(H,20,21)(H,22,24). The molecule has 2 N–H and O–H groups in total. The fourth-order valence-electron chi connectivity index (χ4n) is 2.57. The number of amides is 1. The minimum absolute atomic E-state index is 0.215. The molecule has 0 atom stereocenters. The predicted molar refractivity (Wildman–Crippen MR) is 101 cm³/mol. The zero-order valence-corrected chi connectivity index (χ0v) is 15.1. The lowest BCUT2D eigenvalue weighted by molar-refractivity contribution is 0.102. The number of anilines is 2. The molecule has 26 heavy (non-hydrogen) atoms. The first kappa shape index (κ1) is 18.0. The lowest BCUT2D eigenvalue weighted by atomic mass is 10.2. The van der Waals surface area contributed by atoms with Crippen LogP contribution in [0.15, 0.2) is 36.5 Å². The van der Waals surface area contributed by atoms with Gasteiger partial charge in [0.05, 0.1) is 5.56 Å². The Balaban J connectivity index is 1.54. The van der Waals surface area contributed by atoms with Crippen LogP contribution in [0.1, 0.15) is 16.8 Å². The van der Waals surface area contributed by atoms with E-state index in [1.165, 1.54) is 0 Å². The van der Waals surface area contributed by atoms with Crippen molar-refractivity contribution in [3.63, 3.8) is 0 Å². The first-order valence-corrected chi connectivity index (χ1v) is 8.67. The zero-order valence-electron chi connectivity index (χ0n) is 15.1. The quantitative estimate of drug-likeness (QED) is 0.743. The summed E-state index contributed by atoms with van der Waals surface area (Å²) in [5.74, 6) is 1.89. The highest BCUT2D eigenvalue weighted by Gasteiger charge is 2.13. The van der Waals surface area contributed by atoms with E-state index < -0.39 is 0 Å². The van der Waals surface area contributed by atoms with Gasteiger partial charge < -0.3 is 25.0 Å². The molecular weight excluding hydrogens is 332 g/mol. The zero-order chi connectivity index (χ0) is 18.4. The maximum atomic E-state index is 12.4. The van der Waals surface area contributed by atoms with Crippen molar-refractivity contribution in [3.8, 4) is 11.5 Å². The summed E-state index contributed by atoms with van der Waals surface area (Å²) in [5, 5.41) is 6.10. The Morgan fingerprint density at radius 1 is 1.15 bits per heavy atom. The minimum Gasteiger partial charge on any atom is -0.486 e. The van der Waals surface area contributed by atoms with Crippen LogP contribution in [0.25, 0.3) is 0 Å². The molecular formula is C19H24N4O3. The van der Waals surface area contributed by atoms with Crippen LogP contribution in [0.2, 0.25) is 0 Å². The number of pyridine rings is 1. The normalized spacial score (nSPS) is 12.7. The van der Waals surface area contributed by atoms with Crippen molar-refractivity contribution < 1.29 is 14.3 Å². The molecule has 2 aromatic rings. The second-order valence-corrected chi connectivity index (χ2v) is 6.33. The van der Waals surface area contributed by atoms with E-state index in [9.17, 15) is 4.79 Å². The van der Waals surface area contributed by atoms with E-state index >= 15 is 0 Å². The third kappa shape index (κ3) is 4.86. The topological polar surface area (TPSA) is 75.7 Å². The molecule has 1 aromatic heterocycles. The molecule has 1 amide bonds. The Kier molecular flexibility index (Phi) is 5.91. The number of hydrogen-bond acceptors (Lipinski definition) is 6. The molecule has 0 bridgehead atoms.